The predicted molar refractivity (Wildman–Crippen MR) is 95.6 cm³/mol. The number of carbonyl (C=O) groups excluding carboxylic acids is 1. The fourth-order valence-electron chi connectivity index (χ4n) is 2.54. The zero-order valence-electron chi connectivity index (χ0n) is 14.8. The maximum absolute atomic E-state index is 12.4. The molecule has 2 rings (SSSR count). The minimum atomic E-state index is -0.965. The van der Waals surface area contributed by atoms with Gasteiger partial charge in [-0.15, -0.1) is 0 Å². The molecule has 0 saturated heterocycles. The van der Waals surface area contributed by atoms with Crippen molar-refractivity contribution in [3.8, 4) is 5.75 Å². The molecule has 1 heterocycles. The van der Waals surface area contributed by atoms with Gasteiger partial charge in [-0.25, -0.2) is 0 Å². The van der Waals surface area contributed by atoms with Gasteiger partial charge in [0.1, 0.15) is 5.75 Å². The first-order chi connectivity index (χ1) is 11.2. The molecule has 0 atom stereocenters. The summed E-state index contributed by atoms with van der Waals surface area (Å²) in [6.07, 6.45) is 0.744. The topological polar surface area (TPSA) is 56.2 Å². The number of ether oxygens (including phenoxy) is 1. The number of nitrogens with one attached hydrogen (secondary N) is 1. The van der Waals surface area contributed by atoms with E-state index in [1.807, 2.05) is 25.6 Å². The lowest BCUT2D eigenvalue weighted by atomic mass is 10.1. The summed E-state index contributed by atoms with van der Waals surface area (Å²) in [5.74, 6) is 0.454. The number of hydrogen-bond acceptors (Lipinski definition) is 3. The van der Waals surface area contributed by atoms with Gasteiger partial charge in [-0.1, -0.05) is 11.6 Å². The van der Waals surface area contributed by atoms with Crippen LogP contribution in [0, 0.1) is 13.8 Å². The van der Waals surface area contributed by atoms with Crippen LogP contribution in [0.25, 0.3) is 0 Å². The van der Waals surface area contributed by atoms with Crippen molar-refractivity contribution in [3.63, 3.8) is 0 Å². The van der Waals surface area contributed by atoms with E-state index in [1.165, 1.54) is 5.56 Å². The third kappa shape index (κ3) is 4.29. The lowest BCUT2D eigenvalue weighted by Crippen LogP contribution is -2.47. The van der Waals surface area contributed by atoms with Crippen molar-refractivity contribution in [2.45, 2.75) is 39.7 Å². The smallest absolute Gasteiger partial charge is 0.263 e. The van der Waals surface area contributed by atoms with Crippen molar-refractivity contribution >= 4 is 17.5 Å². The Balaban J connectivity index is 1.92. The van der Waals surface area contributed by atoms with Gasteiger partial charge in [0.05, 0.1) is 5.69 Å². The third-order valence-corrected chi connectivity index (χ3v) is 4.30. The van der Waals surface area contributed by atoms with E-state index < -0.39 is 5.60 Å². The van der Waals surface area contributed by atoms with Crippen LogP contribution in [0.2, 0.25) is 5.02 Å². The molecule has 0 aliphatic heterocycles. The molecule has 1 aromatic carbocycles. The molecule has 0 aliphatic rings. The van der Waals surface area contributed by atoms with E-state index in [9.17, 15) is 4.79 Å². The Hall–Kier alpha value is -2.01. The van der Waals surface area contributed by atoms with Crippen LogP contribution >= 0.6 is 11.6 Å². The normalized spacial score (nSPS) is 11.4. The Labute approximate surface area is 148 Å². The molecular weight excluding hydrogens is 326 g/mol. The van der Waals surface area contributed by atoms with Gasteiger partial charge in [0.2, 0.25) is 0 Å². The zero-order valence-corrected chi connectivity index (χ0v) is 15.6. The number of benzene rings is 1. The van der Waals surface area contributed by atoms with Gasteiger partial charge in [0.15, 0.2) is 5.60 Å². The molecule has 0 aliphatic carbocycles. The van der Waals surface area contributed by atoms with Crippen LogP contribution in [0.3, 0.4) is 0 Å². The van der Waals surface area contributed by atoms with E-state index in [-0.39, 0.29) is 5.91 Å². The quantitative estimate of drug-likeness (QED) is 0.871. The Morgan fingerprint density at radius 3 is 2.46 bits per heavy atom. The Morgan fingerprint density at radius 1 is 1.29 bits per heavy atom. The van der Waals surface area contributed by atoms with Crippen molar-refractivity contribution in [2.24, 2.45) is 7.05 Å². The average Bonchev–Trinajstić information content (AvgIpc) is 2.75. The second-order valence-electron chi connectivity index (χ2n) is 6.35. The molecule has 130 valence electrons. The summed E-state index contributed by atoms with van der Waals surface area (Å²) >= 11 is 5.86. The number of hydrogen-bond donors (Lipinski definition) is 1. The van der Waals surface area contributed by atoms with Crippen LogP contribution in [0.1, 0.15) is 30.8 Å². The molecule has 6 heteroatoms. The van der Waals surface area contributed by atoms with E-state index in [2.05, 4.69) is 10.4 Å². The van der Waals surface area contributed by atoms with Gasteiger partial charge in [0.25, 0.3) is 5.91 Å². The molecule has 0 radical (unpaired) electrons. The van der Waals surface area contributed by atoms with Crippen LogP contribution in [-0.4, -0.2) is 27.8 Å². The molecule has 2 aromatic rings. The summed E-state index contributed by atoms with van der Waals surface area (Å²) in [5, 5.41) is 7.96. The van der Waals surface area contributed by atoms with Crippen LogP contribution in [0.5, 0.6) is 5.75 Å². The van der Waals surface area contributed by atoms with Crippen LogP contribution < -0.4 is 10.1 Å². The predicted octanol–water partition coefficient (Wildman–Crippen LogP) is 3.21. The van der Waals surface area contributed by atoms with Gasteiger partial charge in [-0.2, -0.15) is 5.10 Å². The summed E-state index contributed by atoms with van der Waals surface area (Å²) in [6, 6.07) is 6.97. The minimum Gasteiger partial charge on any atom is -0.478 e. The highest BCUT2D eigenvalue weighted by Gasteiger charge is 2.29. The number of halogens is 1. The Bertz CT molecular complexity index is 721. The van der Waals surface area contributed by atoms with Crippen molar-refractivity contribution in [1.82, 2.24) is 15.1 Å². The van der Waals surface area contributed by atoms with Crippen molar-refractivity contribution < 1.29 is 9.53 Å². The largest absolute Gasteiger partial charge is 0.478 e. The summed E-state index contributed by atoms with van der Waals surface area (Å²) < 4.78 is 7.65. The number of carbonyl (C=O) groups is 1. The third-order valence-electron chi connectivity index (χ3n) is 4.05. The number of nitrogens with zero attached hydrogens (tertiary/aromatic N) is 2. The molecule has 1 amide bonds. The summed E-state index contributed by atoms with van der Waals surface area (Å²) in [5.41, 5.74) is 2.33. The lowest BCUT2D eigenvalue weighted by molar-refractivity contribution is -0.134. The molecule has 0 unspecified atom stereocenters. The highest BCUT2D eigenvalue weighted by Crippen LogP contribution is 2.21. The van der Waals surface area contributed by atoms with E-state index in [0.29, 0.717) is 17.3 Å². The highest BCUT2D eigenvalue weighted by molar-refractivity contribution is 6.30. The monoisotopic (exact) mass is 349 g/mol. The molecular formula is C18H24ClN3O2. The van der Waals surface area contributed by atoms with Gasteiger partial charge >= 0.3 is 0 Å². The first-order valence-corrected chi connectivity index (χ1v) is 8.30. The zero-order chi connectivity index (χ0) is 17.9. The van der Waals surface area contributed by atoms with E-state index in [4.69, 9.17) is 16.3 Å². The van der Waals surface area contributed by atoms with Crippen molar-refractivity contribution in [3.05, 3.63) is 46.2 Å². The fourth-order valence-corrected chi connectivity index (χ4v) is 2.66. The van der Waals surface area contributed by atoms with Crippen LogP contribution in [0.4, 0.5) is 0 Å². The lowest BCUT2D eigenvalue weighted by Gasteiger charge is -2.25. The standard InChI is InChI=1S/C18H24ClN3O2/c1-12-16(13(2)22(5)21-12)10-11-20-17(23)18(3,4)24-15-8-6-14(19)7-9-15/h6-9H,10-11H2,1-5H3,(H,20,23). The van der Waals surface area contributed by atoms with E-state index in [0.717, 1.165) is 17.8 Å². The number of amides is 1. The first kappa shape index (κ1) is 18.3. The molecule has 5 nitrogen and oxygen atoms in total. The molecule has 1 aromatic heterocycles. The SMILES string of the molecule is Cc1nn(C)c(C)c1CCNC(=O)C(C)(C)Oc1ccc(Cl)cc1. The summed E-state index contributed by atoms with van der Waals surface area (Å²) in [6.45, 7) is 8.05. The molecule has 0 bridgehead atoms. The second kappa shape index (κ2) is 7.26. The van der Waals surface area contributed by atoms with Crippen LogP contribution in [-0.2, 0) is 18.3 Å². The number of aryl methyl sites for hydroxylation is 2. The highest BCUT2D eigenvalue weighted by atomic mass is 35.5. The van der Waals surface area contributed by atoms with Crippen LogP contribution in [0.15, 0.2) is 24.3 Å². The number of rotatable bonds is 6. The van der Waals surface area contributed by atoms with E-state index >= 15 is 0 Å². The molecule has 0 spiro atoms. The molecule has 1 N–H and O–H groups in total. The second-order valence-corrected chi connectivity index (χ2v) is 6.78. The Morgan fingerprint density at radius 2 is 1.92 bits per heavy atom. The maximum Gasteiger partial charge on any atom is 0.263 e. The summed E-state index contributed by atoms with van der Waals surface area (Å²) in [7, 11) is 1.92. The van der Waals surface area contributed by atoms with Gasteiger partial charge in [-0.3, -0.25) is 9.48 Å². The Kier molecular flexibility index (Phi) is 5.54. The fraction of sp³-hybridized carbons (Fsp3) is 0.444. The molecule has 0 fully saturated rings. The summed E-state index contributed by atoms with van der Waals surface area (Å²) in [4.78, 5) is 12.4. The van der Waals surface area contributed by atoms with Gasteiger partial charge < -0.3 is 10.1 Å². The van der Waals surface area contributed by atoms with Gasteiger partial charge in [0, 0.05) is 24.3 Å². The maximum atomic E-state index is 12.4. The van der Waals surface area contributed by atoms with Gasteiger partial charge in [-0.05, 0) is 63.9 Å². The first-order valence-electron chi connectivity index (χ1n) is 7.92. The number of aromatic nitrogens is 2. The van der Waals surface area contributed by atoms with E-state index in [1.54, 1.807) is 38.1 Å². The van der Waals surface area contributed by atoms with Crippen molar-refractivity contribution in [2.75, 3.05) is 6.54 Å². The molecule has 0 saturated carbocycles. The minimum absolute atomic E-state index is 0.156. The molecule has 24 heavy (non-hydrogen) atoms. The average molecular weight is 350 g/mol. The van der Waals surface area contributed by atoms with Crippen molar-refractivity contribution in [1.29, 1.82) is 0 Å².